The number of hydrogen-bond donors (Lipinski definition) is 1. The monoisotopic (exact) mass is 248 g/mol. The Labute approximate surface area is 107 Å². The van der Waals surface area contributed by atoms with Crippen LogP contribution in [-0.2, 0) is 11.3 Å². The highest BCUT2D eigenvalue weighted by molar-refractivity contribution is 5.85. The first-order valence-electron chi connectivity index (χ1n) is 6.69. The summed E-state index contributed by atoms with van der Waals surface area (Å²) >= 11 is 0. The number of hydrogen-bond acceptors (Lipinski definition) is 3. The van der Waals surface area contributed by atoms with Crippen molar-refractivity contribution in [3.63, 3.8) is 0 Å². The third-order valence-corrected chi connectivity index (χ3v) is 4.26. The van der Waals surface area contributed by atoms with Crippen molar-refractivity contribution < 1.29 is 4.79 Å². The number of amides is 1. The van der Waals surface area contributed by atoms with Gasteiger partial charge in [0.1, 0.15) is 0 Å². The largest absolute Gasteiger partial charge is 0.342 e. The summed E-state index contributed by atoms with van der Waals surface area (Å²) in [5, 5.41) is 0. The van der Waals surface area contributed by atoms with E-state index in [4.69, 9.17) is 5.73 Å². The minimum absolute atomic E-state index is 0.149. The predicted octanol–water partition coefficient (Wildman–Crippen LogP) is 0.470. The van der Waals surface area contributed by atoms with Crippen LogP contribution in [0, 0.1) is 11.3 Å². The van der Waals surface area contributed by atoms with E-state index in [2.05, 4.69) is 4.98 Å². The molecule has 0 radical (unpaired) electrons. The van der Waals surface area contributed by atoms with Gasteiger partial charge in [0.2, 0.25) is 5.91 Å². The average Bonchev–Trinajstić information content (AvgIpc) is 2.84. The normalized spacial score (nSPS) is 25.4. The molecule has 2 aliphatic rings. The van der Waals surface area contributed by atoms with Crippen LogP contribution < -0.4 is 5.73 Å². The Bertz CT molecular complexity index is 424. The third-order valence-electron chi connectivity index (χ3n) is 4.26. The molecule has 3 rings (SSSR count). The van der Waals surface area contributed by atoms with Gasteiger partial charge < -0.3 is 15.2 Å². The SMILES string of the molecule is NC[C@@H]1CCN(C(=O)C2(Cn3ccnc3)CC2)C1. The summed E-state index contributed by atoms with van der Waals surface area (Å²) in [7, 11) is 0. The van der Waals surface area contributed by atoms with Gasteiger partial charge in [-0.25, -0.2) is 4.98 Å². The molecule has 1 aliphatic carbocycles. The molecule has 1 saturated heterocycles. The molecule has 1 amide bonds. The standard InChI is InChI=1S/C13H20N4O/c14-7-11-1-5-17(8-11)12(18)13(2-3-13)9-16-6-4-15-10-16/h4,6,10-11H,1-3,5,7-9,14H2/t11-/m0/s1. The fourth-order valence-corrected chi connectivity index (χ4v) is 2.87. The summed E-state index contributed by atoms with van der Waals surface area (Å²) < 4.78 is 2.02. The maximum absolute atomic E-state index is 12.6. The Morgan fingerprint density at radius 2 is 2.33 bits per heavy atom. The highest BCUT2D eigenvalue weighted by Gasteiger charge is 2.52. The van der Waals surface area contributed by atoms with Gasteiger partial charge in [-0.2, -0.15) is 0 Å². The highest BCUT2D eigenvalue weighted by atomic mass is 16.2. The van der Waals surface area contributed by atoms with Gasteiger partial charge in [0.15, 0.2) is 0 Å². The van der Waals surface area contributed by atoms with E-state index in [9.17, 15) is 4.79 Å². The highest BCUT2D eigenvalue weighted by Crippen LogP contribution is 2.49. The Kier molecular flexibility index (Phi) is 2.86. The van der Waals surface area contributed by atoms with Gasteiger partial charge in [0.25, 0.3) is 0 Å². The molecule has 1 atom stereocenters. The predicted molar refractivity (Wildman–Crippen MR) is 67.6 cm³/mol. The van der Waals surface area contributed by atoms with Crippen LogP contribution in [0.5, 0.6) is 0 Å². The molecular formula is C13H20N4O. The van der Waals surface area contributed by atoms with Gasteiger partial charge in [-0.3, -0.25) is 4.79 Å². The first-order valence-corrected chi connectivity index (χ1v) is 6.69. The molecule has 2 N–H and O–H groups in total. The van der Waals surface area contributed by atoms with Crippen LogP contribution in [0.25, 0.3) is 0 Å². The maximum atomic E-state index is 12.6. The molecule has 0 bridgehead atoms. The van der Waals surface area contributed by atoms with Gasteiger partial charge in [-0.1, -0.05) is 0 Å². The Balaban J connectivity index is 1.65. The van der Waals surface area contributed by atoms with E-state index in [1.54, 1.807) is 12.5 Å². The van der Waals surface area contributed by atoms with Crippen LogP contribution in [0.1, 0.15) is 19.3 Å². The summed E-state index contributed by atoms with van der Waals surface area (Å²) in [6, 6.07) is 0. The van der Waals surface area contributed by atoms with Gasteiger partial charge in [-0.15, -0.1) is 0 Å². The summed E-state index contributed by atoms with van der Waals surface area (Å²) in [6.07, 6.45) is 8.56. The van der Waals surface area contributed by atoms with Crippen molar-refractivity contribution in [2.24, 2.45) is 17.1 Å². The molecule has 1 aliphatic heterocycles. The van der Waals surface area contributed by atoms with Crippen molar-refractivity contribution in [3.05, 3.63) is 18.7 Å². The molecule has 1 aromatic rings. The summed E-state index contributed by atoms with van der Waals surface area (Å²) in [5.74, 6) is 0.824. The van der Waals surface area contributed by atoms with Gasteiger partial charge in [0, 0.05) is 32.0 Å². The number of carbonyl (C=O) groups excluding carboxylic acids is 1. The number of imidazole rings is 1. The number of rotatable bonds is 4. The van der Waals surface area contributed by atoms with E-state index >= 15 is 0 Å². The molecule has 2 heterocycles. The number of likely N-dealkylation sites (tertiary alicyclic amines) is 1. The molecule has 98 valence electrons. The van der Waals surface area contributed by atoms with Gasteiger partial charge >= 0.3 is 0 Å². The van der Waals surface area contributed by atoms with Crippen molar-refractivity contribution in [2.75, 3.05) is 19.6 Å². The van der Waals surface area contributed by atoms with Crippen molar-refractivity contribution in [1.82, 2.24) is 14.5 Å². The molecule has 1 aromatic heterocycles. The van der Waals surface area contributed by atoms with Crippen molar-refractivity contribution in [2.45, 2.75) is 25.8 Å². The lowest BCUT2D eigenvalue weighted by atomic mass is 10.1. The molecule has 0 spiro atoms. The van der Waals surface area contributed by atoms with Crippen LogP contribution in [0.3, 0.4) is 0 Å². The minimum atomic E-state index is -0.149. The fourth-order valence-electron chi connectivity index (χ4n) is 2.87. The smallest absolute Gasteiger partial charge is 0.230 e. The second-order valence-corrected chi connectivity index (χ2v) is 5.66. The molecule has 2 fully saturated rings. The first-order chi connectivity index (χ1) is 8.73. The molecular weight excluding hydrogens is 228 g/mol. The van der Waals surface area contributed by atoms with Crippen LogP contribution in [-0.4, -0.2) is 40.0 Å². The van der Waals surface area contributed by atoms with E-state index in [0.29, 0.717) is 18.4 Å². The number of carbonyl (C=O) groups is 1. The van der Waals surface area contributed by atoms with E-state index in [1.165, 1.54) is 0 Å². The average molecular weight is 248 g/mol. The molecule has 18 heavy (non-hydrogen) atoms. The molecule has 5 nitrogen and oxygen atoms in total. The van der Waals surface area contributed by atoms with E-state index in [1.807, 2.05) is 15.7 Å². The number of nitrogens with two attached hydrogens (primary N) is 1. The molecule has 5 heteroatoms. The lowest BCUT2D eigenvalue weighted by Gasteiger charge is -2.23. The van der Waals surface area contributed by atoms with Gasteiger partial charge in [0.05, 0.1) is 11.7 Å². The summed E-state index contributed by atoms with van der Waals surface area (Å²) in [4.78, 5) is 18.6. The second-order valence-electron chi connectivity index (χ2n) is 5.66. The van der Waals surface area contributed by atoms with E-state index < -0.39 is 0 Å². The lowest BCUT2D eigenvalue weighted by molar-refractivity contribution is -0.136. The molecule has 1 saturated carbocycles. The molecule has 0 unspecified atom stereocenters. The maximum Gasteiger partial charge on any atom is 0.230 e. The summed E-state index contributed by atoms with van der Waals surface area (Å²) in [6.45, 7) is 3.20. The third kappa shape index (κ3) is 2.03. The Morgan fingerprint density at radius 1 is 1.50 bits per heavy atom. The minimum Gasteiger partial charge on any atom is -0.342 e. The van der Waals surface area contributed by atoms with Crippen molar-refractivity contribution >= 4 is 5.91 Å². The van der Waals surface area contributed by atoms with Crippen LogP contribution in [0.2, 0.25) is 0 Å². The second kappa shape index (κ2) is 4.39. The zero-order valence-electron chi connectivity index (χ0n) is 10.6. The van der Waals surface area contributed by atoms with Crippen LogP contribution >= 0.6 is 0 Å². The number of aromatic nitrogens is 2. The van der Waals surface area contributed by atoms with Crippen molar-refractivity contribution in [3.8, 4) is 0 Å². The zero-order valence-corrected chi connectivity index (χ0v) is 10.6. The Morgan fingerprint density at radius 3 is 2.89 bits per heavy atom. The number of nitrogens with zero attached hydrogens (tertiary/aromatic N) is 3. The summed E-state index contributed by atoms with van der Waals surface area (Å²) in [5.41, 5.74) is 5.53. The van der Waals surface area contributed by atoms with Crippen LogP contribution in [0.4, 0.5) is 0 Å². The zero-order chi connectivity index (χ0) is 12.6. The topological polar surface area (TPSA) is 64.2 Å². The van der Waals surface area contributed by atoms with Crippen molar-refractivity contribution in [1.29, 1.82) is 0 Å². The Hall–Kier alpha value is -1.36. The quantitative estimate of drug-likeness (QED) is 0.842. The van der Waals surface area contributed by atoms with Gasteiger partial charge in [-0.05, 0) is 31.7 Å². The van der Waals surface area contributed by atoms with E-state index in [-0.39, 0.29) is 5.41 Å². The first kappa shape index (κ1) is 11.7. The van der Waals surface area contributed by atoms with Crippen LogP contribution in [0.15, 0.2) is 18.7 Å². The van der Waals surface area contributed by atoms with E-state index in [0.717, 1.165) is 38.9 Å². The lowest BCUT2D eigenvalue weighted by Crippen LogP contribution is -2.38. The molecule has 0 aromatic carbocycles. The fraction of sp³-hybridized carbons (Fsp3) is 0.692.